The lowest BCUT2D eigenvalue weighted by atomic mass is 10.1. The van der Waals surface area contributed by atoms with Crippen LogP contribution in [0.4, 0.5) is 0 Å². The van der Waals surface area contributed by atoms with E-state index in [0.717, 1.165) is 33.1 Å². The number of benzene rings is 2. The summed E-state index contributed by atoms with van der Waals surface area (Å²) in [5.74, 6) is 1.47. The van der Waals surface area contributed by atoms with Gasteiger partial charge in [0.25, 0.3) is 0 Å². The van der Waals surface area contributed by atoms with E-state index in [0.29, 0.717) is 10.9 Å². The predicted molar refractivity (Wildman–Crippen MR) is 109 cm³/mol. The Balaban J connectivity index is 1.57. The molecule has 0 radical (unpaired) electrons. The number of hydrogen-bond donors (Lipinski definition) is 0. The molecule has 27 heavy (non-hydrogen) atoms. The number of nitrogens with zero attached hydrogens (tertiary/aromatic N) is 4. The maximum absolute atomic E-state index is 6.40. The molecule has 0 unspecified atom stereocenters. The van der Waals surface area contributed by atoms with Gasteiger partial charge in [-0.15, -0.1) is 10.2 Å². The van der Waals surface area contributed by atoms with Crippen LogP contribution in [0.25, 0.3) is 16.6 Å². The molecule has 2 heterocycles. The summed E-state index contributed by atoms with van der Waals surface area (Å²) in [4.78, 5) is 4.53. The molecule has 4 rings (SSSR count). The molecule has 2 aromatic carbocycles. The fourth-order valence-electron chi connectivity index (χ4n) is 2.78. The number of aryl methyl sites for hydroxylation is 1. The van der Waals surface area contributed by atoms with Gasteiger partial charge in [0, 0.05) is 22.4 Å². The molecular weight excluding hydrogens is 380 g/mol. The van der Waals surface area contributed by atoms with Gasteiger partial charge in [-0.25, -0.2) is 4.98 Å². The van der Waals surface area contributed by atoms with Crippen LogP contribution in [0, 0.1) is 6.92 Å². The summed E-state index contributed by atoms with van der Waals surface area (Å²) >= 11 is 7.98. The minimum absolute atomic E-state index is 0.524. The molecule has 4 aromatic rings. The first-order valence-corrected chi connectivity index (χ1v) is 9.73. The highest BCUT2D eigenvalue weighted by molar-refractivity contribution is 7.98. The molecule has 2 aromatic heterocycles. The average molecular weight is 397 g/mol. The van der Waals surface area contributed by atoms with Gasteiger partial charge < -0.3 is 4.74 Å². The van der Waals surface area contributed by atoms with Gasteiger partial charge in [-0.3, -0.25) is 4.57 Å². The Morgan fingerprint density at radius 3 is 2.70 bits per heavy atom. The first-order valence-electron chi connectivity index (χ1n) is 8.37. The number of ether oxygens (including phenoxy) is 1. The maximum atomic E-state index is 6.40. The molecule has 0 aliphatic carbocycles. The molecule has 7 heteroatoms. The molecule has 0 saturated heterocycles. The lowest BCUT2D eigenvalue weighted by molar-refractivity contribution is 0.414. The van der Waals surface area contributed by atoms with Crippen molar-refractivity contribution in [2.45, 2.75) is 17.8 Å². The topological polar surface area (TPSA) is 52.8 Å². The first-order chi connectivity index (χ1) is 13.1. The minimum atomic E-state index is 0.524. The highest BCUT2D eigenvalue weighted by Gasteiger charge is 2.11. The van der Waals surface area contributed by atoms with Crippen LogP contribution in [-0.4, -0.2) is 26.9 Å². The summed E-state index contributed by atoms with van der Waals surface area (Å²) in [7, 11) is 1.65. The normalized spacial score (nSPS) is 11.1. The SMILES string of the molecule is COc1ccc(-n2cnnc2SCc2cc3ccc(C)cc3nc2Cl)cc1. The van der Waals surface area contributed by atoms with Crippen molar-refractivity contribution in [3.05, 3.63) is 71.1 Å². The van der Waals surface area contributed by atoms with Crippen molar-refractivity contribution >= 4 is 34.3 Å². The van der Waals surface area contributed by atoms with Gasteiger partial charge in [-0.2, -0.15) is 0 Å². The van der Waals surface area contributed by atoms with E-state index < -0.39 is 0 Å². The summed E-state index contributed by atoms with van der Waals surface area (Å²) in [6.45, 7) is 2.05. The monoisotopic (exact) mass is 396 g/mol. The summed E-state index contributed by atoms with van der Waals surface area (Å²) in [5.41, 5.74) is 4.03. The lowest BCUT2D eigenvalue weighted by Gasteiger charge is -2.09. The zero-order chi connectivity index (χ0) is 18.8. The summed E-state index contributed by atoms with van der Waals surface area (Å²) < 4.78 is 7.15. The van der Waals surface area contributed by atoms with Crippen LogP contribution in [0.5, 0.6) is 5.75 Å². The second kappa shape index (κ2) is 7.58. The number of fused-ring (bicyclic) bond motifs is 1. The van der Waals surface area contributed by atoms with Crippen molar-refractivity contribution in [2.24, 2.45) is 0 Å². The molecule has 136 valence electrons. The van der Waals surface area contributed by atoms with E-state index >= 15 is 0 Å². The van der Waals surface area contributed by atoms with Crippen LogP contribution < -0.4 is 4.74 Å². The third-order valence-electron chi connectivity index (χ3n) is 4.22. The van der Waals surface area contributed by atoms with E-state index in [9.17, 15) is 0 Å². The van der Waals surface area contributed by atoms with E-state index in [1.54, 1.807) is 25.2 Å². The minimum Gasteiger partial charge on any atom is -0.497 e. The Morgan fingerprint density at radius 2 is 1.93 bits per heavy atom. The van der Waals surface area contributed by atoms with Crippen LogP contribution in [0.3, 0.4) is 0 Å². The van der Waals surface area contributed by atoms with E-state index in [2.05, 4.69) is 33.4 Å². The second-order valence-electron chi connectivity index (χ2n) is 6.10. The number of halogens is 1. The number of thioether (sulfide) groups is 1. The van der Waals surface area contributed by atoms with E-state index in [-0.39, 0.29) is 0 Å². The van der Waals surface area contributed by atoms with Gasteiger partial charge in [0.2, 0.25) is 0 Å². The van der Waals surface area contributed by atoms with Crippen LogP contribution in [0.1, 0.15) is 11.1 Å². The van der Waals surface area contributed by atoms with Gasteiger partial charge in [0.05, 0.1) is 12.6 Å². The van der Waals surface area contributed by atoms with Crippen molar-refractivity contribution in [3.63, 3.8) is 0 Å². The fourth-order valence-corrected chi connectivity index (χ4v) is 3.98. The quantitative estimate of drug-likeness (QED) is 0.348. The maximum Gasteiger partial charge on any atom is 0.195 e. The third kappa shape index (κ3) is 3.77. The van der Waals surface area contributed by atoms with Crippen LogP contribution in [0.15, 0.2) is 60.0 Å². The fraction of sp³-hybridized carbons (Fsp3) is 0.150. The van der Waals surface area contributed by atoms with Gasteiger partial charge in [-0.1, -0.05) is 35.5 Å². The molecule has 5 nitrogen and oxygen atoms in total. The lowest BCUT2D eigenvalue weighted by Crippen LogP contribution is -1.96. The zero-order valence-corrected chi connectivity index (χ0v) is 16.5. The summed E-state index contributed by atoms with van der Waals surface area (Å²) in [5, 5.41) is 10.7. The van der Waals surface area contributed by atoms with Crippen molar-refractivity contribution < 1.29 is 4.74 Å². The van der Waals surface area contributed by atoms with Crippen molar-refractivity contribution in [2.75, 3.05) is 7.11 Å². The largest absolute Gasteiger partial charge is 0.497 e. The van der Waals surface area contributed by atoms with Gasteiger partial charge in [-0.05, 0) is 48.9 Å². The second-order valence-corrected chi connectivity index (χ2v) is 7.41. The zero-order valence-electron chi connectivity index (χ0n) is 14.9. The third-order valence-corrected chi connectivity index (χ3v) is 5.54. The van der Waals surface area contributed by atoms with Gasteiger partial charge in [0.15, 0.2) is 5.16 Å². The van der Waals surface area contributed by atoms with E-state index in [1.807, 2.05) is 41.8 Å². The number of rotatable bonds is 5. The Kier molecular flexibility index (Phi) is 5.01. The molecule has 0 spiro atoms. The Hall–Kier alpha value is -2.57. The van der Waals surface area contributed by atoms with Gasteiger partial charge >= 0.3 is 0 Å². The smallest absolute Gasteiger partial charge is 0.195 e. The number of pyridine rings is 1. The molecule has 0 N–H and O–H groups in total. The Bertz CT molecular complexity index is 1100. The Labute approximate surface area is 166 Å². The molecular formula is C20H17ClN4OS. The van der Waals surface area contributed by atoms with Crippen molar-refractivity contribution in [1.29, 1.82) is 0 Å². The number of aromatic nitrogens is 4. The highest BCUT2D eigenvalue weighted by atomic mass is 35.5. The van der Waals surface area contributed by atoms with Gasteiger partial charge in [0.1, 0.15) is 17.2 Å². The van der Waals surface area contributed by atoms with Crippen LogP contribution in [0.2, 0.25) is 5.15 Å². The molecule has 0 fully saturated rings. The van der Waals surface area contributed by atoms with E-state index in [1.165, 1.54) is 5.56 Å². The predicted octanol–water partition coefficient (Wildman–Crippen LogP) is 5.08. The van der Waals surface area contributed by atoms with E-state index in [4.69, 9.17) is 16.3 Å². The molecule has 0 bridgehead atoms. The standard InChI is InChI=1S/C20H17ClN4OS/c1-13-3-4-14-10-15(19(21)23-18(14)9-13)11-27-20-24-22-12-25(20)16-5-7-17(26-2)8-6-16/h3-10,12H,11H2,1-2H3. The van der Waals surface area contributed by atoms with Crippen molar-refractivity contribution in [3.8, 4) is 11.4 Å². The summed E-state index contributed by atoms with van der Waals surface area (Å²) in [6, 6.07) is 16.0. The highest BCUT2D eigenvalue weighted by Crippen LogP contribution is 2.29. The van der Waals surface area contributed by atoms with Crippen molar-refractivity contribution in [1.82, 2.24) is 19.7 Å². The molecule has 0 aliphatic heterocycles. The number of hydrogen-bond acceptors (Lipinski definition) is 5. The molecule has 0 atom stereocenters. The molecule has 0 amide bonds. The summed E-state index contributed by atoms with van der Waals surface area (Å²) in [6.07, 6.45) is 1.70. The molecule has 0 aliphatic rings. The Morgan fingerprint density at radius 1 is 1.11 bits per heavy atom. The average Bonchev–Trinajstić information content (AvgIpc) is 3.15. The molecule has 0 saturated carbocycles. The van der Waals surface area contributed by atoms with Crippen LogP contribution in [-0.2, 0) is 5.75 Å². The number of methoxy groups -OCH3 is 1. The van der Waals surface area contributed by atoms with Crippen LogP contribution >= 0.6 is 23.4 Å². The first kappa shape index (κ1) is 17.8.